The summed E-state index contributed by atoms with van der Waals surface area (Å²) in [6.07, 6.45) is 18.1. The first kappa shape index (κ1) is 33.7. The third-order valence-corrected chi connectivity index (χ3v) is 19.5. The molecule has 6 bridgehead atoms. The normalized spacial score (nSPS) is 31.0. The van der Waals surface area contributed by atoms with E-state index in [1.54, 1.807) is 11.1 Å². The topological polar surface area (TPSA) is 21.7 Å². The summed E-state index contributed by atoms with van der Waals surface area (Å²) in [6.45, 7) is 4.98. The highest BCUT2D eigenvalue weighted by Gasteiger charge is 2.53. The van der Waals surface area contributed by atoms with Crippen molar-refractivity contribution in [2.24, 2.45) is 29.6 Å². The van der Waals surface area contributed by atoms with Gasteiger partial charge in [0.2, 0.25) is 0 Å². The minimum atomic E-state index is -0.905. The number of benzene rings is 5. The molecule has 5 heteroatoms. The van der Waals surface area contributed by atoms with Gasteiger partial charge in [0.15, 0.2) is 0 Å². The summed E-state index contributed by atoms with van der Waals surface area (Å²) in [5.74, 6) is 8.42. The average molecular weight is 763 g/mol. The lowest BCUT2D eigenvalue weighted by Gasteiger charge is -2.57. The van der Waals surface area contributed by atoms with E-state index in [0.717, 1.165) is 58.3 Å². The van der Waals surface area contributed by atoms with Crippen molar-refractivity contribution in [3.8, 4) is 23.0 Å². The van der Waals surface area contributed by atoms with Gasteiger partial charge in [0.1, 0.15) is 31.8 Å². The number of rotatable bonds is 4. The van der Waals surface area contributed by atoms with Crippen LogP contribution in [0.1, 0.15) is 102 Å². The van der Waals surface area contributed by atoms with Crippen LogP contribution in [-0.4, -0.2) is 15.5 Å². The zero-order chi connectivity index (χ0) is 37.6. The van der Waals surface area contributed by atoms with Gasteiger partial charge in [0.05, 0.1) is 5.69 Å². The van der Waals surface area contributed by atoms with Gasteiger partial charge in [-0.1, -0.05) is 93.4 Å². The average Bonchev–Trinajstić information content (AvgIpc) is 3.22. The molecule has 2 atom stereocenters. The van der Waals surface area contributed by atoms with Crippen LogP contribution in [0.15, 0.2) is 97.1 Å². The van der Waals surface area contributed by atoms with Crippen molar-refractivity contribution in [2.45, 2.75) is 108 Å². The van der Waals surface area contributed by atoms with Crippen LogP contribution in [0.5, 0.6) is 23.0 Å². The SMILES string of the molecule is CCC1(c2ccc3c(c2)B2c4cc(C56CC7CC(CC(C7)C5)C6)ccc4Oc4cc(N5c6ccccc6[Si](C)c6ccccc65)cc(c42)O3)CC2CCCC(C2)C1. The van der Waals surface area contributed by atoms with E-state index in [1.807, 2.05) is 0 Å². The number of hydrogen-bond acceptors (Lipinski definition) is 3. The van der Waals surface area contributed by atoms with Crippen LogP contribution >= 0.6 is 0 Å². The van der Waals surface area contributed by atoms with E-state index in [0.29, 0.717) is 5.41 Å². The molecule has 2 unspecified atom stereocenters. The van der Waals surface area contributed by atoms with Crippen molar-refractivity contribution in [2.75, 3.05) is 4.90 Å². The van der Waals surface area contributed by atoms with E-state index < -0.39 is 8.80 Å². The summed E-state index contributed by atoms with van der Waals surface area (Å²) in [6, 6.07) is 37.7. The van der Waals surface area contributed by atoms with Gasteiger partial charge in [-0.25, -0.2) is 0 Å². The lowest BCUT2D eigenvalue weighted by molar-refractivity contribution is -0.00516. The van der Waals surface area contributed by atoms with E-state index in [-0.39, 0.29) is 12.1 Å². The van der Waals surface area contributed by atoms with Crippen molar-refractivity contribution in [1.82, 2.24) is 0 Å². The molecular formula is C52H53BNO2Si. The zero-order valence-electron chi connectivity index (χ0n) is 33.7. The molecule has 0 N–H and O–H groups in total. The molecule has 9 aliphatic rings. The monoisotopic (exact) mass is 762 g/mol. The van der Waals surface area contributed by atoms with Gasteiger partial charge in [-0.3, -0.25) is 0 Å². The van der Waals surface area contributed by atoms with Crippen LogP contribution in [0.3, 0.4) is 0 Å². The summed E-state index contributed by atoms with van der Waals surface area (Å²) in [4.78, 5) is 2.47. The van der Waals surface area contributed by atoms with Crippen molar-refractivity contribution in [1.29, 1.82) is 0 Å². The summed E-state index contributed by atoms with van der Waals surface area (Å²) in [5, 5.41) is 2.90. The van der Waals surface area contributed by atoms with Crippen molar-refractivity contribution >= 4 is 59.3 Å². The Morgan fingerprint density at radius 3 is 1.72 bits per heavy atom. The number of anilines is 3. The van der Waals surface area contributed by atoms with Crippen LogP contribution in [0.2, 0.25) is 6.55 Å². The quantitative estimate of drug-likeness (QED) is 0.167. The van der Waals surface area contributed by atoms with Crippen molar-refractivity contribution in [3.63, 3.8) is 0 Å². The molecule has 1 radical (unpaired) electrons. The molecule has 285 valence electrons. The van der Waals surface area contributed by atoms with Crippen LogP contribution in [0, 0.1) is 29.6 Å². The van der Waals surface area contributed by atoms with Gasteiger partial charge in [-0.05, 0) is 161 Å². The van der Waals surface area contributed by atoms with E-state index in [4.69, 9.17) is 9.47 Å². The van der Waals surface area contributed by atoms with Crippen molar-refractivity contribution < 1.29 is 9.47 Å². The number of nitrogens with zero attached hydrogens (tertiary/aromatic N) is 1. The summed E-state index contributed by atoms with van der Waals surface area (Å²) in [5.41, 5.74) is 11.3. The Morgan fingerprint density at radius 1 is 0.614 bits per heavy atom. The maximum Gasteiger partial charge on any atom is 0.260 e. The number of para-hydroxylation sites is 2. The standard InChI is InChI=1S/C52H53BNO2Si/c1-3-51(27-32-9-8-10-33(19-32)28-51)37-15-17-44-40(23-37)53-41-24-38(52-29-34-20-35(30-52)22-36(21-34)31-52)16-18-45(41)56-47-26-39(25-46(55-44)50(47)53)54-42-11-4-6-13-48(42)57(2)49-14-7-5-12-43(49)54/h4-7,11-18,23-26,32-36H,3,8-10,19-22,27-31H2,1-2H3. The van der Waals surface area contributed by atoms with Crippen LogP contribution in [-0.2, 0) is 10.8 Å². The molecule has 5 aromatic rings. The molecule has 14 rings (SSSR count). The molecule has 57 heavy (non-hydrogen) atoms. The van der Waals surface area contributed by atoms with Gasteiger partial charge in [-0.2, -0.15) is 0 Å². The van der Waals surface area contributed by atoms with E-state index in [9.17, 15) is 0 Å². The smallest absolute Gasteiger partial charge is 0.260 e. The largest absolute Gasteiger partial charge is 0.458 e. The van der Waals surface area contributed by atoms with Gasteiger partial charge < -0.3 is 14.4 Å². The Hall–Kier alpha value is -4.22. The molecule has 3 aliphatic heterocycles. The Balaban J connectivity index is 0.989. The van der Waals surface area contributed by atoms with Crippen LogP contribution < -0.4 is 41.1 Å². The second kappa shape index (κ2) is 12.2. The van der Waals surface area contributed by atoms with Crippen molar-refractivity contribution in [3.05, 3.63) is 108 Å². The maximum atomic E-state index is 7.18. The molecule has 6 fully saturated rings. The van der Waals surface area contributed by atoms with Crippen LogP contribution in [0.4, 0.5) is 17.1 Å². The second-order valence-corrected chi connectivity index (χ2v) is 22.5. The molecule has 3 heterocycles. The summed E-state index contributed by atoms with van der Waals surface area (Å²) < 4.78 is 14.4. The highest BCUT2D eigenvalue weighted by molar-refractivity contribution is 6.98. The molecule has 0 aromatic heterocycles. The Morgan fingerprint density at radius 2 is 1.14 bits per heavy atom. The summed E-state index contributed by atoms with van der Waals surface area (Å²) >= 11 is 0. The number of hydrogen-bond donors (Lipinski definition) is 0. The molecule has 6 saturated carbocycles. The minimum absolute atomic E-state index is 0.0775. The van der Waals surface area contributed by atoms with E-state index >= 15 is 0 Å². The molecule has 3 nitrogen and oxygen atoms in total. The van der Waals surface area contributed by atoms with Gasteiger partial charge >= 0.3 is 0 Å². The maximum absolute atomic E-state index is 7.18. The highest BCUT2D eigenvalue weighted by atomic mass is 28.3. The third-order valence-electron chi connectivity index (χ3n) is 17.0. The first-order chi connectivity index (χ1) is 27.9. The van der Waals surface area contributed by atoms with E-state index in [1.165, 1.54) is 122 Å². The fraction of sp³-hybridized carbons (Fsp3) is 0.423. The molecule has 0 amide bonds. The lowest BCUT2D eigenvalue weighted by Crippen LogP contribution is -2.58. The number of ether oxygens (including phenoxy) is 2. The molecule has 5 aromatic carbocycles. The molecule has 0 saturated heterocycles. The van der Waals surface area contributed by atoms with Gasteiger partial charge in [0.25, 0.3) is 6.71 Å². The van der Waals surface area contributed by atoms with Gasteiger partial charge in [0, 0.05) is 29.0 Å². The predicted molar refractivity (Wildman–Crippen MR) is 236 cm³/mol. The summed E-state index contributed by atoms with van der Waals surface area (Å²) in [7, 11) is -0.905. The Bertz CT molecular complexity index is 2380. The number of fused-ring (bicyclic) bond motifs is 8. The van der Waals surface area contributed by atoms with E-state index in [2.05, 4.69) is 115 Å². The second-order valence-electron chi connectivity index (χ2n) is 20.1. The molecular weight excluding hydrogens is 709 g/mol. The third kappa shape index (κ3) is 4.90. The Labute approximate surface area is 340 Å². The predicted octanol–water partition coefficient (Wildman–Crippen LogP) is 10.2. The first-order valence-electron chi connectivity index (χ1n) is 22.6. The molecule has 0 spiro atoms. The lowest BCUT2D eigenvalue weighted by atomic mass is 9.34. The Kier molecular flexibility index (Phi) is 7.20. The first-order valence-corrected chi connectivity index (χ1v) is 24.6. The highest BCUT2D eigenvalue weighted by Crippen LogP contribution is 2.61. The minimum Gasteiger partial charge on any atom is -0.458 e. The fourth-order valence-corrected chi connectivity index (χ4v) is 17.1. The molecule has 6 aliphatic carbocycles. The fourth-order valence-electron chi connectivity index (χ4n) is 15.0. The van der Waals surface area contributed by atoms with Crippen LogP contribution in [0.25, 0.3) is 0 Å². The van der Waals surface area contributed by atoms with Gasteiger partial charge in [-0.15, -0.1) is 0 Å². The zero-order valence-corrected chi connectivity index (χ0v) is 34.7.